The van der Waals surface area contributed by atoms with E-state index in [9.17, 15) is 5.11 Å². The SMILES string of the molecule is CC[NH+](CC)Cc1cc(/C(C)=N/NC(=S)NC(C)C)ccc1O. The lowest BCUT2D eigenvalue weighted by Gasteiger charge is -2.16. The van der Waals surface area contributed by atoms with Gasteiger partial charge in [-0.15, -0.1) is 0 Å². The highest BCUT2D eigenvalue weighted by atomic mass is 32.1. The predicted molar refractivity (Wildman–Crippen MR) is 100 cm³/mol. The molecule has 0 heterocycles. The molecule has 5 nitrogen and oxygen atoms in total. The second-order valence-corrected chi connectivity index (χ2v) is 6.32. The molecular weight excluding hydrogens is 308 g/mol. The molecule has 128 valence electrons. The van der Waals surface area contributed by atoms with E-state index in [-0.39, 0.29) is 6.04 Å². The van der Waals surface area contributed by atoms with Crippen molar-refractivity contribution in [3.8, 4) is 5.75 Å². The van der Waals surface area contributed by atoms with Crippen molar-refractivity contribution in [2.45, 2.75) is 47.2 Å². The Hall–Kier alpha value is -1.66. The number of aromatic hydroxyl groups is 1. The molecule has 0 bridgehead atoms. The minimum absolute atomic E-state index is 0.267. The van der Waals surface area contributed by atoms with Crippen LogP contribution in [0.3, 0.4) is 0 Å². The Morgan fingerprint density at radius 3 is 2.52 bits per heavy atom. The number of quaternary nitrogens is 1. The van der Waals surface area contributed by atoms with Crippen molar-refractivity contribution in [1.82, 2.24) is 10.7 Å². The van der Waals surface area contributed by atoms with Crippen LogP contribution >= 0.6 is 12.2 Å². The monoisotopic (exact) mass is 337 g/mol. The first-order valence-corrected chi connectivity index (χ1v) is 8.54. The molecule has 0 aliphatic rings. The van der Waals surface area contributed by atoms with E-state index in [0.717, 1.165) is 36.5 Å². The number of nitrogens with zero attached hydrogens (tertiary/aromatic N) is 1. The first kappa shape index (κ1) is 19.4. The molecule has 0 fully saturated rings. The van der Waals surface area contributed by atoms with E-state index in [4.69, 9.17) is 12.2 Å². The summed E-state index contributed by atoms with van der Waals surface area (Å²) in [5.41, 5.74) is 5.60. The van der Waals surface area contributed by atoms with Gasteiger partial charge in [0.2, 0.25) is 0 Å². The zero-order chi connectivity index (χ0) is 17.4. The van der Waals surface area contributed by atoms with Crippen molar-refractivity contribution in [3.63, 3.8) is 0 Å². The minimum Gasteiger partial charge on any atom is -0.507 e. The number of hydrazone groups is 1. The van der Waals surface area contributed by atoms with E-state index in [0.29, 0.717) is 10.9 Å². The molecule has 23 heavy (non-hydrogen) atoms. The third-order valence-corrected chi connectivity index (χ3v) is 3.89. The molecule has 1 aromatic carbocycles. The van der Waals surface area contributed by atoms with E-state index in [1.165, 1.54) is 4.90 Å². The van der Waals surface area contributed by atoms with Gasteiger partial charge < -0.3 is 15.3 Å². The Labute approximate surface area is 144 Å². The van der Waals surface area contributed by atoms with Gasteiger partial charge in [-0.05, 0) is 70.6 Å². The van der Waals surface area contributed by atoms with E-state index >= 15 is 0 Å². The van der Waals surface area contributed by atoms with Crippen LogP contribution in [0, 0.1) is 0 Å². The molecule has 6 heteroatoms. The number of phenolic OH excluding ortho intramolecular Hbond substituents is 1. The molecule has 0 aliphatic carbocycles. The third kappa shape index (κ3) is 6.54. The number of thiocarbonyl (C=S) groups is 1. The fraction of sp³-hybridized carbons (Fsp3) is 0.529. The molecule has 0 aromatic heterocycles. The topological polar surface area (TPSA) is 61.1 Å². The number of benzene rings is 1. The molecule has 0 saturated heterocycles. The van der Waals surface area contributed by atoms with E-state index in [1.54, 1.807) is 6.07 Å². The van der Waals surface area contributed by atoms with Crippen LogP contribution in [-0.4, -0.2) is 35.1 Å². The normalized spacial score (nSPS) is 11.9. The minimum atomic E-state index is 0.267. The number of rotatable bonds is 7. The van der Waals surface area contributed by atoms with Crippen molar-refractivity contribution < 1.29 is 10.0 Å². The van der Waals surface area contributed by atoms with Crippen molar-refractivity contribution in [3.05, 3.63) is 29.3 Å². The number of phenols is 1. The largest absolute Gasteiger partial charge is 0.507 e. The third-order valence-electron chi connectivity index (χ3n) is 3.68. The van der Waals surface area contributed by atoms with Crippen LogP contribution in [0.4, 0.5) is 0 Å². The van der Waals surface area contributed by atoms with Gasteiger partial charge in [-0.3, -0.25) is 5.43 Å². The summed E-state index contributed by atoms with van der Waals surface area (Å²) in [7, 11) is 0. The number of hydrogen-bond donors (Lipinski definition) is 4. The van der Waals surface area contributed by atoms with E-state index in [1.807, 2.05) is 32.9 Å². The Morgan fingerprint density at radius 1 is 1.30 bits per heavy atom. The van der Waals surface area contributed by atoms with Crippen LogP contribution in [-0.2, 0) is 6.54 Å². The standard InChI is InChI=1S/C17H28N4OS/c1-6-21(7-2)11-15-10-14(8-9-16(15)22)13(5)19-20-17(23)18-12(3)4/h8-10,12,22H,6-7,11H2,1-5H3,(H2,18,20,23)/p+1/b19-13+. The maximum Gasteiger partial charge on any atom is 0.187 e. The predicted octanol–water partition coefficient (Wildman–Crippen LogP) is 1.41. The first-order valence-electron chi connectivity index (χ1n) is 8.13. The summed E-state index contributed by atoms with van der Waals surface area (Å²) in [6.45, 7) is 13.1. The Morgan fingerprint density at radius 2 is 1.96 bits per heavy atom. The average molecular weight is 338 g/mol. The highest BCUT2D eigenvalue weighted by molar-refractivity contribution is 7.80. The molecule has 0 unspecified atom stereocenters. The summed E-state index contributed by atoms with van der Waals surface area (Å²) in [6, 6.07) is 5.87. The van der Waals surface area contributed by atoms with Crippen LogP contribution in [0.25, 0.3) is 0 Å². The summed E-state index contributed by atoms with van der Waals surface area (Å²) in [5.74, 6) is 0.339. The van der Waals surface area contributed by atoms with Crippen molar-refractivity contribution in [2.75, 3.05) is 13.1 Å². The van der Waals surface area contributed by atoms with Gasteiger partial charge in [-0.2, -0.15) is 5.10 Å². The van der Waals surface area contributed by atoms with Crippen molar-refractivity contribution in [2.24, 2.45) is 5.10 Å². The van der Waals surface area contributed by atoms with Crippen LogP contribution in [0.1, 0.15) is 45.7 Å². The molecular formula is C17H29N4OS+. The summed E-state index contributed by atoms with van der Waals surface area (Å²) >= 11 is 5.16. The van der Waals surface area contributed by atoms with Crippen LogP contribution in [0.15, 0.2) is 23.3 Å². The van der Waals surface area contributed by atoms with Crippen LogP contribution < -0.4 is 15.6 Å². The summed E-state index contributed by atoms with van der Waals surface area (Å²) in [6.07, 6.45) is 0. The summed E-state index contributed by atoms with van der Waals surface area (Å²) in [4.78, 5) is 1.42. The van der Waals surface area contributed by atoms with E-state index in [2.05, 4.69) is 29.7 Å². The lowest BCUT2D eigenvalue weighted by Crippen LogP contribution is -3.10. The van der Waals surface area contributed by atoms with Crippen molar-refractivity contribution in [1.29, 1.82) is 0 Å². The average Bonchev–Trinajstić information content (AvgIpc) is 2.51. The van der Waals surface area contributed by atoms with Gasteiger partial charge in [-0.25, -0.2) is 0 Å². The highest BCUT2D eigenvalue weighted by Crippen LogP contribution is 2.18. The fourth-order valence-corrected chi connectivity index (χ4v) is 2.50. The van der Waals surface area contributed by atoms with Crippen LogP contribution in [0.2, 0.25) is 0 Å². The molecule has 0 saturated carbocycles. The first-order chi connectivity index (χ1) is 10.9. The van der Waals surface area contributed by atoms with Gasteiger partial charge in [0.15, 0.2) is 5.11 Å². The molecule has 0 atom stereocenters. The van der Waals surface area contributed by atoms with Gasteiger partial charge in [-0.1, -0.05) is 0 Å². The van der Waals surface area contributed by atoms with E-state index < -0.39 is 0 Å². The Kier molecular flexibility index (Phi) is 7.98. The molecule has 0 aliphatic heterocycles. The second-order valence-electron chi connectivity index (χ2n) is 5.91. The van der Waals surface area contributed by atoms with Gasteiger partial charge in [0, 0.05) is 11.6 Å². The number of nitrogens with one attached hydrogen (secondary N) is 3. The second kappa shape index (κ2) is 9.47. The molecule has 4 N–H and O–H groups in total. The summed E-state index contributed by atoms with van der Waals surface area (Å²) < 4.78 is 0. The molecule has 0 amide bonds. The Balaban J connectivity index is 2.85. The van der Waals surface area contributed by atoms with Gasteiger partial charge in [0.1, 0.15) is 12.3 Å². The van der Waals surface area contributed by atoms with Gasteiger partial charge in [0.05, 0.1) is 18.8 Å². The lowest BCUT2D eigenvalue weighted by atomic mass is 10.1. The zero-order valence-electron chi connectivity index (χ0n) is 14.7. The maximum atomic E-state index is 10.1. The Bertz CT molecular complexity index is 554. The highest BCUT2D eigenvalue weighted by Gasteiger charge is 2.11. The smallest absolute Gasteiger partial charge is 0.187 e. The van der Waals surface area contributed by atoms with Gasteiger partial charge in [0.25, 0.3) is 0 Å². The number of hydrogen-bond acceptors (Lipinski definition) is 3. The molecule has 1 rings (SSSR count). The van der Waals surface area contributed by atoms with Gasteiger partial charge >= 0.3 is 0 Å². The lowest BCUT2D eigenvalue weighted by molar-refractivity contribution is -0.910. The zero-order valence-corrected chi connectivity index (χ0v) is 15.5. The molecule has 0 radical (unpaired) electrons. The molecule has 1 aromatic rings. The molecule has 0 spiro atoms. The fourth-order valence-electron chi connectivity index (χ4n) is 2.22. The quantitative estimate of drug-likeness (QED) is 0.345. The maximum absolute atomic E-state index is 10.1. The van der Waals surface area contributed by atoms with Crippen LogP contribution in [0.5, 0.6) is 5.75 Å². The van der Waals surface area contributed by atoms with Crippen molar-refractivity contribution >= 4 is 23.0 Å². The summed E-state index contributed by atoms with van der Waals surface area (Å²) in [5, 5.41) is 18.0.